The first-order valence-electron chi connectivity index (χ1n) is 6.38. The number of rotatable bonds is 1. The van der Waals surface area contributed by atoms with Crippen LogP contribution >= 0.6 is 0 Å². The molecule has 0 heterocycles. The molecule has 88 valence electrons. The van der Waals surface area contributed by atoms with Crippen LogP contribution in [-0.2, 0) is 5.54 Å². The Morgan fingerprint density at radius 1 is 1.25 bits per heavy atom. The Hall–Kier alpha value is -0.820. The van der Waals surface area contributed by atoms with Crippen molar-refractivity contribution in [3.8, 4) is 0 Å². The molecule has 1 saturated carbocycles. The summed E-state index contributed by atoms with van der Waals surface area (Å²) < 4.78 is 0. The maximum Gasteiger partial charge on any atom is 0.0438 e. The summed E-state index contributed by atoms with van der Waals surface area (Å²) >= 11 is 0. The first kappa shape index (κ1) is 11.7. The monoisotopic (exact) mass is 217 g/mol. The molecule has 1 fully saturated rings. The second-order valence-corrected chi connectivity index (χ2v) is 5.70. The zero-order chi connectivity index (χ0) is 11.8. The predicted octanol–water partition coefficient (Wildman–Crippen LogP) is 3.61. The van der Waals surface area contributed by atoms with Gasteiger partial charge in [-0.05, 0) is 37.2 Å². The van der Waals surface area contributed by atoms with Crippen molar-refractivity contribution in [2.45, 2.75) is 45.6 Å². The predicted molar refractivity (Wildman–Crippen MR) is 69.2 cm³/mol. The van der Waals surface area contributed by atoms with Gasteiger partial charge in [0.1, 0.15) is 0 Å². The quantitative estimate of drug-likeness (QED) is 0.764. The van der Waals surface area contributed by atoms with Crippen LogP contribution in [0.15, 0.2) is 24.3 Å². The molecule has 1 aromatic carbocycles. The largest absolute Gasteiger partial charge is 0.321 e. The van der Waals surface area contributed by atoms with Crippen LogP contribution in [0, 0.1) is 18.8 Å². The highest BCUT2D eigenvalue weighted by molar-refractivity contribution is 5.30. The fraction of sp³-hybridized carbons (Fsp3) is 0.600. The van der Waals surface area contributed by atoms with Gasteiger partial charge in [-0.3, -0.25) is 0 Å². The van der Waals surface area contributed by atoms with Crippen molar-refractivity contribution >= 4 is 0 Å². The topological polar surface area (TPSA) is 26.0 Å². The van der Waals surface area contributed by atoms with E-state index >= 15 is 0 Å². The van der Waals surface area contributed by atoms with Gasteiger partial charge in [0.05, 0.1) is 0 Å². The summed E-state index contributed by atoms with van der Waals surface area (Å²) in [5.74, 6) is 1.34. The first-order chi connectivity index (χ1) is 7.52. The van der Waals surface area contributed by atoms with Gasteiger partial charge < -0.3 is 5.73 Å². The van der Waals surface area contributed by atoms with Gasteiger partial charge in [-0.25, -0.2) is 0 Å². The summed E-state index contributed by atoms with van der Waals surface area (Å²) in [4.78, 5) is 0. The average molecular weight is 217 g/mol. The maximum absolute atomic E-state index is 6.68. The maximum atomic E-state index is 6.68. The van der Waals surface area contributed by atoms with E-state index in [1.807, 2.05) is 0 Å². The number of benzene rings is 1. The first-order valence-corrected chi connectivity index (χ1v) is 6.38. The smallest absolute Gasteiger partial charge is 0.0438 e. The van der Waals surface area contributed by atoms with Crippen LogP contribution in [0.5, 0.6) is 0 Å². The van der Waals surface area contributed by atoms with E-state index in [-0.39, 0.29) is 5.54 Å². The lowest BCUT2D eigenvalue weighted by Gasteiger charge is -2.43. The SMILES string of the molecule is Cc1cccc(C2(N)CC(C)CCC2C)c1. The van der Waals surface area contributed by atoms with Crippen molar-refractivity contribution in [2.75, 3.05) is 0 Å². The molecule has 2 N–H and O–H groups in total. The fourth-order valence-corrected chi connectivity index (χ4v) is 3.01. The number of hydrogen-bond acceptors (Lipinski definition) is 1. The Balaban J connectivity index is 2.35. The molecular weight excluding hydrogens is 194 g/mol. The summed E-state index contributed by atoms with van der Waals surface area (Å²) in [7, 11) is 0. The average Bonchev–Trinajstić information content (AvgIpc) is 2.24. The van der Waals surface area contributed by atoms with Crippen LogP contribution in [-0.4, -0.2) is 0 Å². The summed E-state index contributed by atoms with van der Waals surface area (Å²) in [5, 5.41) is 0. The van der Waals surface area contributed by atoms with Crippen molar-refractivity contribution in [1.82, 2.24) is 0 Å². The minimum atomic E-state index is -0.107. The Bertz CT molecular complexity index is 371. The van der Waals surface area contributed by atoms with Gasteiger partial charge in [-0.1, -0.05) is 50.1 Å². The number of hydrogen-bond donors (Lipinski definition) is 1. The molecule has 0 radical (unpaired) electrons. The van der Waals surface area contributed by atoms with E-state index in [4.69, 9.17) is 5.73 Å². The van der Waals surface area contributed by atoms with E-state index in [0.29, 0.717) is 5.92 Å². The van der Waals surface area contributed by atoms with E-state index in [0.717, 1.165) is 12.3 Å². The molecule has 0 bridgehead atoms. The van der Waals surface area contributed by atoms with Crippen LogP contribution in [0.25, 0.3) is 0 Å². The van der Waals surface area contributed by atoms with Gasteiger partial charge in [0.25, 0.3) is 0 Å². The number of nitrogens with two attached hydrogens (primary N) is 1. The Kier molecular flexibility index (Phi) is 3.07. The summed E-state index contributed by atoms with van der Waals surface area (Å²) in [6, 6.07) is 8.73. The second-order valence-electron chi connectivity index (χ2n) is 5.70. The summed E-state index contributed by atoms with van der Waals surface area (Å²) in [5.41, 5.74) is 9.21. The lowest BCUT2D eigenvalue weighted by molar-refractivity contribution is 0.162. The Morgan fingerprint density at radius 2 is 2.00 bits per heavy atom. The zero-order valence-electron chi connectivity index (χ0n) is 10.7. The normalized spacial score (nSPS) is 35.0. The van der Waals surface area contributed by atoms with Crippen LogP contribution in [0.2, 0.25) is 0 Å². The van der Waals surface area contributed by atoms with Gasteiger partial charge in [-0.15, -0.1) is 0 Å². The Labute approximate surface area is 99.0 Å². The van der Waals surface area contributed by atoms with Crippen molar-refractivity contribution < 1.29 is 0 Å². The lowest BCUT2D eigenvalue weighted by Crippen LogP contribution is -2.47. The molecule has 0 saturated heterocycles. The van der Waals surface area contributed by atoms with E-state index in [2.05, 4.69) is 45.0 Å². The van der Waals surface area contributed by atoms with Gasteiger partial charge in [-0.2, -0.15) is 0 Å². The third-order valence-corrected chi connectivity index (χ3v) is 4.21. The van der Waals surface area contributed by atoms with Crippen molar-refractivity contribution in [3.63, 3.8) is 0 Å². The van der Waals surface area contributed by atoms with Gasteiger partial charge in [0.15, 0.2) is 0 Å². The van der Waals surface area contributed by atoms with E-state index in [1.54, 1.807) is 0 Å². The standard InChI is InChI=1S/C15H23N/c1-11-5-4-6-14(9-11)15(16)10-12(2)7-8-13(15)3/h4-6,9,12-13H,7-8,10,16H2,1-3H3. The highest BCUT2D eigenvalue weighted by Gasteiger charge is 2.38. The number of aryl methyl sites for hydroxylation is 1. The molecule has 1 aliphatic carbocycles. The third kappa shape index (κ3) is 2.01. The molecule has 16 heavy (non-hydrogen) atoms. The molecule has 1 nitrogen and oxygen atoms in total. The van der Waals surface area contributed by atoms with Gasteiger partial charge in [0.2, 0.25) is 0 Å². The van der Waals surface area contributed by atoms with Gasteiger partial charge >= 0.3 is 0 Å². The van der Waals surface area contributed by atoms with E-state index in [9.17, 15) is 0 Å². The highest BCUT2D eigenvalue weighted by atomic mass is 14.8. The minimum Gasteiger partial charge on any atom is -0.321 e. The van der Waals surface area contributed by atoms with E-state index in [1.165, 1.54) is 24.0 Å². The molecule has 1 heteroatoms. The van der Waals surface area contributed by atoms with Crippen LogP contribution in [0.1, 0.15) is 44.2 Å². The van der Waals surface area contributed by atoms with Crippen LogP contribution < -0.4 is 5.73 Å². The fourth-order valence-electron chi connectivity index (χ4n) is 3.01. The molecular formula is C15H23N. The van der Waals surface area contributed by atoms with Crippen molar-refractivity contribution in [1.29, 1.82) is 0 Å². The lowest BCUT2D eigenvalue weighted by atomic mass is 9.67. The molecule has 0 aromatic heterocycles. The highest BCUT2D eigenvalue weighted by Crippen LogP contribution is 2.41. The molecule has 2 rings (SSSR count). The Morgan fingerprint density at radius 3 is 2.69 bits per heavy atom. The molecule has 0 spiro atoms. The van der Waals surface area contributed by atoms with Crippen molar-refractivity contribution in [3.05, 3.63) is 35.4 Å². The zero-order valence-corrected chi connectivity index (χ0v) is 10.7. The van der Waals surface area contributed by atoms with E-state index < -0.39 is 0 Å². The summed E-state index contributed by atoms with van der Waals surface area (Å²) in [6.45, 7) is 6.77. The summed E-state index contributed by atoms with van der Waals surface area (Å²) in [6.07, 6.45) is 3.70. The molecule has 3 atom stereocenters. The van der Waals surface area contributed by atoms with Gasteiger partial charge in [0, 0.05) is 5.54 Å². The minimum absolute atomic E-state index is 0.107. The van der Waals surface area contributed by atoms with Crippen LogP contribution in [0.4, 0.5) is 0 Å². The third-order valence-electron chi connectivity index (χ3n) is 4.21. The molecule has 0 amide bonds. The van der Waals surface area contributed by atoms with Crippen molar-refractivity contribution in [2.24, 2.45) is 17.6 Å². The van der Waals surface area contributed by atoms with Crippen LogP contribution in [0.3, 0.4) is 0 Å². The second kappa shape index (κ2) is 4.21. The molecule has 3 unspecified atom stereocenters. The molecule has 0 aliphatic heterocycles. The molecule has 1 aromatic rings. The molecule has 1 aliphatic rings.